The van der Waals surface area contributed by atoms with E-state index >= 15 is 0 Å². The minimum absolute atomic E-state index is 0.362. The summed E-state index contributed by atoms with van der Waals surface area (Å²) in [6.45, 7) is 4.68. The van der Waals surface area contributed by atoms with Gasteiger partial charge in [0.15, 0.2) is 0 Å². The first-order chi connectivity index (χ1) is 10.2. The maximum absolute atomic E-state index is 9.92. The van der Waals surface area contributed by atoms with Crippen molar-refractivity contribution in [2.24, 2.45) is 0 Å². The Kier molecular flexibility index (Phi) is 4.41. The van der Waals surface area contributed by atoms with E-state index in [0.29, 0.717) is 5.75 Å². The van der Waals surface area contributed by atoms with Gasteiger partial charge in [0.2, 0.25) is 0 Å². The van der Waals surface area contributed by atoms with E-state index in [4.69, 9.17) is 0 Å². The van der Waals surface area contributed by atoms with Gasteiger partial charge in [-0.25, -0.2) is 0 Å². The van der Waals surface area contributed by atoms with Gasteiger partial charge in [0.25, 0.3) is 0 Å². The van der Waals surface area contributed by atoms with Gasteiger partial charge in [0.1, 0.15) is 5.75 Å². The summed E-state index contributed by atoms with van der Waals surface area (Å²) in [5.74, 6) is 0.362. The summed E-state index contributed by atoms with van der Waals surface area (Å²) < 4.78 is 1.01. The SMILES string of the molecule is Oc1ccccc1N1CCN(Cc2ccc(Br)cn2)CC1. The van der Waals surface area contributed by atoms with Gasteiger partial charge in [-0.1, -0.05) is 12.1 Å². The van der Waals surface area contributed by atoms with Crippen LogP contribution in [0.4, 0.5) is 5.69 Å². The molecular weight excluding hydrogens is 330 g/mol. The first kappa shape index (κ1) is 14.4. The molecule has 21 heavy (non-hydrogen) atoms. The van der Waals surface area contributed by atoms with Crippen molar-refractivity contribution in [3.63, 3.8) is 0 Å². The molecule has 0 spiro atoms. The number of aromatic hydroxyl groups is 1. The summed E-state index contributed by atoms with van der Waals surface area (Å²) in [6, 6.07) is 11.6. The van der Waals surface area contributed by atoms with E-state index in [1.807, 2.05) is 30.5 Å². The number of benzene rings is 1. The predicted octanol–water partition coefficient (Wildman–Crippen LogP) is 2.87. The lowest BCUT2D eigenvalue weighted by Crippen LogP contribution is -2.46. The minimum Gasteiger partial charge on any atom is -0.506 e. The smallest absolute Gasteiger partial charge is 0.138 e. The number of aromatic nitrogens is 1. The van der Waals surface area contributed by atoms with E-state index < -0.39 is 0 Å². The fourth-order valence-corrected chi connectivity index (χ4v) is 2.84. The molecule has 0 unspecified atom stereocenters. The molecule has 110 valence electrons. The molecule has 1 N–H and O–H groups in total. The van der Waals surface area contributed by atoms with Crippen LogP contribution in [0, 0.1) is 0 Å². The second-order valence-corrected chi connectivity index (χ2v) is 6.14. The molecule has 0 aliphatic carbocycles. The fraction of sp³-hybridized carbons (Fsp3) is 0.312. The van der Waals surface area contributed by atoms with Crippen LogP contribution in [0.3, 0.4) is 0 Å². The van der Waals surface area contributed by atoms with Crippen molar-refractivity contribution < 1.29 is 5.11 Å². The normalized spacial score (nSPS) is 16.1. The van der Waals surface area contributed by atoms with Crippen LogP contribution in [0.25, 0.3) is 0 Å². The van der Waals surface area contributed by atoms with Crippen LogP contribution < -0.4 is 4.90 Å². The first-order valence-corrected chi connectivity index (χ1v) is 7.87. The Labute approximate surface area is 133 Å². The van der Waals surface area contributed by atoms with Gasteiger partial charge in [-0.2, -0.15) is 0 Å². The highest BCUT2D eigenvalue weighted by Gasteiger charge is 2.19. The second-order valence-electron chi connectivity index (χ2n) is 5.22. The van der Waals surface area contributed by atoms with Crippen LogP contribution in [0.2, 0.25) is 0 Å². The van der Waals surface area contributed by atoms with Gasteiger partial charge < -0.3 is 10.0 Å². The Morgan fingerprint density at radius 3 is 2.48 bits per heavy atom. The summed E-state index contributed by atoms with van der Waals surface area (Å²) in [7, 11) is 0. The van der Waals surface area contributed by atoms with Gasteiger partial charge in [0.05, 0.1) is 11.4 Å². The van der Waals surface area contributed by atoms with Gasteiger partial charge in [0, 0.05) is 43.4 Å². The van der Waals surface area contributed by atoms with Crippen molar-refractivity contribution in [2.75, 3.05) is 31.1 Å². The lowest BCUT2D eigenvalue weighted by atomic mass is 10.2. The van der Waals surface area contributed by atoms with Crippen molar-refractivity contribution in [1.82, 2.24) is 9.88 Å². The molecule has 1 aliphatic heterocycles. The number of nitrogens with zero attached hydrogens (tertiary/aromatic N) is 3. The van der Waals surface area contributed by atoms with Crippen LogP contribution in [0.15, 0.2) is 47.1 Å². The Bertz CT molecular complexity index is 595. The van der Waals surface area contributed by atoms with Crippen molar-refractivity contribution >= 4 is 21.6 Å². The molecule has 0 saturated carbocycles. The van der Waals surface area contributed by atoms with Crippen molar-refractivity contribution in [3.8, 4) is 5.75 Å². The number of anilines is 1. The molecule has 4 nitrogen and oxygen atoms in total. The summed E-state index contributed by atoms with van der Waals surface area (Å²) in [5, 5.41) is 9.92. The maximum Gasteiger partial charge on any atom is 0.138 e. The summed E-state index contributed by atoms with van der Waals surface area (Å²) in [4.78, 5) is 9.05. The molecule has 0 radical (unpaired) electrons. The molecule has 2 aromatic rings. The van der Waals surface area contributed by atoms with Crippen molar-refractivity contribution in [2.45, 2.75) is 6.54 Å². The molecule has 2 heterocycles. The van der Waals surface area contributed by atoms with Gasteiger partial charge in [-0.3, -0.25) is 9.88 Å². The number of halogens is 1. The Morgan fingerprint density at radius 1 is 1.05 bits per heavy atom. The number of hydrogen-bond acceptors (Lipinski definition) is 4. The van der Waals surface area contributed by atoms with E-state index in [1.54, 1.807) is 6.07 Å². The van der Waals surface area contributed by atoms with E-state index in [1.165, 1.54) is 0 Å². The number of piperazine rings is 1. The molecule has 1 saturated heterocycles. The third kappa shape index (κ3) is 3.54. The maximum atomic E-state index is 9.92. The van der Waals surface area contributed by atoms with Crippen LogP contribution >= 0.6 is 15.9 Å². The van der Waals surface area contributed by atoms with E-state index in [2.05, 4.69) is 36.8 Å². The summed E-state index contributed by atoms with van der Waals surface area (Å²) in [5.41, 5.74) is 2.02. The Morgan fingerprint density at radius 2 is 1.81 bits per heavy atom. The lowest BCUT2D eigenvalue weighted by Gasteiger charge is -2.36. The Balaban J connectivity index is 1.58. The lowest BCUT2D eigenvalue weighted by molar-refractivity contribution is 0.246. The standard InChI is InChI=1S/C16H18BrN3O/c17-13-5-6-14(18-11-13)12-19-7-9-20(10-8-19)15-3-1-2-4-16(15)21/h1-6,11,21H,7-10,12H2. The third-order valence-electron chi connectivity index (χ3n) is 3.77. The molecule has 1 aromatic carbocycles. The fourth-order valence-electron chi connectivity index (χ4n) is 2.61. The summed E-state index contributed by atoms with van der Waals surface area (Å²) >= 11 is 3.40. The number of rotatable bonds is 3. The Hall–Kier alpha value is -1.59. The van der Waals surface area contributed by atoms with Crippen LogP contribution in [0.5, 0.6) is 5.75 Å². The highest BCUT2D eigenvalue weighted by molar-refractivity contribution is 9.10. The van der Waals surface area contributed by atoms with Crippen molar-refractivity contribution in [3.05, 3.63) is 52.8 Å². The van der Waals surface area contributed by atoms with Gasteiger partial charge >= 0.3 is 0 Å². The molecule has 1 aromatic heterocycles. The molecule has 0 atom stereocenters. The average Bonchev–Trinajstić information content (AvgIpc) is 2.51. The predicted molar refractivity (Wildman–Crippen MR) is 87.5 cm³/mol. The largest absolute Gasteiger partial charge is 0.506 e. The number of pyridine rings is 1. The quantitative estimate of drug-likeness (QED) is 0.926. The zero-order valence-electron chi connectivity index (χ0n) is 11.7. The molecule has 0 bridgehead atoms. The summed E-state index contributed by atoms with van der Waals surface area (Å²) in [6.07, 6.45) is 1.84. The minimum atomic E-state index is 0.362. The number of hydrogen-bond donors (Lipinski definition) is 1. The van der Waals surface area contributed by atoms with E-state index in [9.17, 15) is 5.11 Å². The number of para-hydroxylation sites is 2. The molecule has 0 amide bonds. The van der Waals surface area contributed by atoms with Gasteiger partial charge in [-0.05, 0) is 40.2 Å². The van der Waals surface area contributed by atoms with Crippen LogP contribution in [-0.4, -0.2) is 41.2 Å². The van der Waals surface area contributed by atoms with Crippen LogP contribution in [-0.2, 0) is 6.54 Å². The zero-order chi connectivity index (χ0) is 14.7. The third-order valence-corrected chi connectivity index (χ3v) is 4.24. The average molecular weight is 348 g/mol. The highest BCUT2D eigenvalue weighted by atomic mass is 79.9. The second kappa shape index (κ2) is 6.45. The topological polar surface area (TPSA) is 39.6 Å². The molecular formula is C16H18BrN3O. The van der Waals surface area contributed by atoms with E-state index in [0.717, 1.165) is 48.6 Å². The van der Waals surface area contributed by atoms with Gasteiger partial charge in [-0.15, -0.1) is 0 Å². The van der Waals surface area contributed by atoms with Crippen LogP contribution in [0.1, 0.15) is 5.69 Å². The highest BCUT2D eigenvalue weighted by Crippen LogP contribution is 2.27. The molecule has 1 fully saturated rings. The monoisotopic (exact) mass is 347 g/mol. The van der Waals surface area contributed by atoms with Crippen molar-refractivity contribution in [1.29, 1.82) is 0 Å². The molecule has 1 aliphatic rings. The van der Waals surface area contributed by atoms with E-state index in [-0.39, 0.29) is 0 Å². The number of phenols is 1. The molecule has 3 rings (SSSR count). The number of phenolic OH excluding ortho intramolecular Hbond substituents is 1. The first-order valence-electron chi connectivity index (χ1n) is 7.08. The molecule has 5 heteroatoms. The zero-order valence-corrected chi connectivity index (χ0v) is 13.3.